The molecule has 5 nitrogen and oxygen atoms in total. The summed E-state index contributed by atoms with van der Waals surface area (Å²) in [6.45, 7) is 8.40. The number of rotatable bonds is 8. The largest absolute Gasteiger partial charge is 0.469 e. The molecule has 2 rings (SSSR count). The Balaban J connectivity index is 1.66. The van der Waals surface area contributed by atoms with Gasteiger partial charge in [0.15, 0.2) is 5.96 Å². The highest BCUT2D eigenvalue weighted by atomic mass is 16.3. The number of hydrogen-bond acceptors (Lipinski definition) is 3. The lowest BCUT2D eigenvalue weighted by Crippen LogP contribution is -2.43. The van der Waals surface area contributed by atoms with Crippen molar-refractivity contribution in [1.29, 1.82) is 0 Å². The maximum atomic E-state index is 5.35. The number of likely N-dealkylation sites (tertiary alicyclic amines) is 1. The molecule has 0 bridgehead atoms. The van der Waals surface area contributed by atoms with Crippen molar-refractivity contribution in [3.8, 4) is 0 Å². The zero-order valence-electron chi connectivity index (χ0n) is 13.8. The van der Waals surface area contributed by atoms with E-state index in [1.807, 2.05) is 12.1 Å². The first-order valence-electron chi connectivity index (χ1n) is 8.65. The molecule has 0 atom stereocenters. The highest BCUT2D eigenvalue weighted by molar-refractivity contribution is 5.79. The van der Waals surface area contributed by atoms with E-state index in [2.05, 4.69) is 27.4 Å². The van der Waals surface area contributed by atoms with Crippen LogP contribution in [0.25, 0.3) is 0 Å². The molecule has 5 heteroatoms. The number of piperidine rings is 1. The van der Waals surface area contributed by atoms with Gasteiger partial charge in [-0.3, -0.25) is 4.99 Å². The average molecular weight is 306 g/mol. The Hall–Kier alpha value is -1.49. The molecule has 22 heavy (non-hydrogen) atoms. The van der Waals surface area contributed by atoms with Gasteiger partial charge in [0.2, 0.25) is 0 Å². The van der Waals surface area contributed by atoms with E-state index in [0.29, 0.717) is 0 Å². The highest BCUT2D eigenvalue weighted by Gasteiger charge is 2.09. The third-order valence-corrected chi connectivity index (χ3v) is 3.91. The molecule has 2 heterocycles. The molecule has 1 saturated heterocycles. The van der Waals surface area contributed by atoms with Crippen LogP contribution in [0.15, 0.2) is 27.8 Å². The molecule has 1 aliphatic heterocycles. The van der Waals surface area contributed by atoms with Crippen LogP contribution in [0.3, 0.4) is 0 Å². The van der Waals surface area contributed by atoms with Gasteiger partial charge in [0.05, 0.1) is 6.26 Å². The van der Waals surface area contributed by atoms with E-state index in [1.165, 1.54) is 32.4 Å². The molecule has 2 N–H and O–H groups in total. The van der Waals surface area contributed by atoms with Crippen molar-refractivity contribution in [3.63, 3.8) is 0 Å². The van der Waals surface area contributed by atoms with Gasteiger partial charge < -0.3 is 20.0 Å². The summed E-state index contributed by atoms with van der Waals surface area (Å²) in [6, 6.07) is 3.94. The van der Waals surface area contributed by atoms with Crippen LogP contribution in [-0.4, -0.2) is 50.1 Å². The lowest BCUT2D eigenvalue weighted by Gasteiger charge is -2.26. The van der Waals surface area contributed by atoms with Gasteiger partial charge in [-0.1, -0.05) is 13.3 Å². The molecule has 0 aromatic carbocycles. The van der Waals surface area contributed by atoms with E-state index in [9.17, 15) is 0 Å². The Morgan fingerprint density at radius 2 is 2.05 bits per heavy atom. The molecular weight excluding hydrogens is 276 g/mol. The number of nitrogens with one attached hydrogen (secondary N) is 2. The van der Waals surface area contributed by atoms with Crippen molar-refractivity contribution < 1.29 is 4.42 Å². The summed E-state index contributed by atoms with van der Waals surface area (Å²) in [7, 11) is 0. The van der Waals surface area contributed by atoms with E-state index in [-0.39, 0.29) is 0 Å². The van der Waals surface area contributed by atoms with E-state index in [0.717, 1.165) is 50.7 Å². The van der Waals surface area contributed by atoms with E-state index in [1.54, 1.807) is 6.26 Å². The van der Waals surface area contributed by atoms with Crippen LogP contribution >= 0.6 is 0 Å². The third-order valence-electron chi connectivity index (χ3n) is 3.91. The molecule has 1 fully saturated rings. The Labute approximate surface area is 134 Å². The first kappa shape index (κ1) is 16.9. The third kappa shape index (κ3) is 6.52. The zero-order chi connectivity index (χ0) is 15.5. The summed E-state index contributed by atoms with van der Waals surface area (Å²) in [4.78, 5) is 7.13. The summed E-state index contributed by atoms with van der Waals surface area (Å²) in [5, 5.41) is 6.84. The Morgan fingerprint density at radius 1 is 1.23 bits per heavy atom. The Bertz CT molecular complexity index is 410. The van der Waals surface area contributed by atoms with Crippen LogP contribution in [-0.2, 0) is 6.42 Å². The molecule has 0 saturated carbocycles. The standard InChI is InChI=1S/C17H30N4O/c1-2-9-18-17(19-10-8-16-7-6-15-22-16)20-11-14-21-12-4-3-5-13-21/h6-7,15H,2-5,8-14H2,1H3,(H2,18,19,20). The lowest BCUT2D eigenvalue weighted by atomic mass is 10.1. The average Bonchev–Trinajstić information content (AvgIpc) is 3.06. The molecular formula is C17H30N4O. The van der Waals surface area contributed by atoms with Crippen LogP contribution in [0.5, 0.6) is 0 Å². The molecule has 0 aliphatic carbocycles. The van der Waals surface area contributed by atoms with Crippen molar-refractivity contribution in [2.24, 2.45) is 4.99 Å². The van der Waals surface area contributed by atoms with Crippen LogP contribution in [0, 0.1) is 0 Å². The monoisotopic (exact) mass is 306 g/mol. The minimum Gasteiger partial charge on any atom is -0.469 e. The van der Waals surface area contributed by atoms with Crippen LogP contribution in [0.4, 0.5) is 0 Å². The van der Waals surface area contributed by atoms with E-state index >= 15 is 0 Å². The molecule has 1 aromatic rings. The second-order valence-corrected chi connectivity index (χ2v) is 5.82. The number of guanidine groups is 1. The van der Waals surface area contributed by atoms with Gasteiger partial charge in [-0.05, 0) is 44.5 Å². The SMILES string of the molecule is CCCN=C(NCCc1ccco1)NCCN1CCCCC1. The first-order valence-corrected chi connectivity index (χ1v) is 8.65. The smallest absolute Gasteiger partial charge is 0.191 e. The zero-order valence-corrected chi connectivity index (χ0v) is 13.8. The second kappa shape index (κ2) is 10.3. The lowest BCUT2D eigenvalue weighted by molar-refractivity contribution is 0.232. The summed E-state index contributed by atoms with van der Waals surface area (Å²) in [5.41, 5.74) is 0. The predicted molar refractivity (Wildman–Crippen MR) is 91.3 cm³/mol. The summed E-state index contributed by atoms with van der Waals surface area (Å²) < 4.78 is 5.35. The maximum Gasteiger partial charge on any atom is 0.191 e. The molecule has 1 aromatic heterocycles. The molecule has 0 unspecified atom stereocenters. The van der Waals surface area contributed by atoms with E-state index < -0.39 is 0 Å². The minimum atomic E-state index is 0.840. The van der Waals surface area contributed by atoms with Gasteiger partial charge in [-0.15, -0.1) is 0 Å². The van der Waals surface area contributed by atoms with Gasteiger partial charge in [-0.2, -0.15) is 0 Å². The topological polar surface area (TPSA) is 52.8 Å². The van der Waals surface area contributed by atoms with Crippen molar-refractivity contribution in [3.05, 3.63) is 24.2 Å². The normalized spacial score (nSPS) is 16.7. The Kier molecular flexibility index (Phi) is 7.88. The van der Waals surface area contributed by atoms with Crippen molar-refractivity contribution in [2.45, 2.75) is 39.0 Å². The molecule has 0 amide bonds. The highest BCUT2D eigenvalue weighted by Crippen LogP contribution is 2.07. The molecule has 0 radical (unpaired) electrons. The van der Waals surface area contributed by atoms with Crippen molar-refractivity contribution in [2.75, 3.05) is 39.3 Å². The summed E-state index contributed by atoms with van der Waals surface area (Å²) in [5.74, 6) is 1.93. The van der Waals surface area contributed by atoms with Gasteiger partial charge in [0, 0.05) is 32.6 Å². The number of furan rings is 1. The fourth-order valence-corrected chi connectivity index (χ4v) is 2.67. The quantitative estimate of drug-likeness (QED) is 0.571. The number of aliphatic imine (C=N–C) groups is 1. The maximum absolute atomic E-state index is 5.35. The summed E-state index contributed by atoms with van der Waals surface area (Å²) in [6.07, 6.45) is 7.75. The van der Waals surface area contributed by atoms with Gasteiger partial charge in [0.1, 0.15) is 5.76 Å². The van der Waals surface area contributed by atoms with Gasteiger partial charge >= 0.3 is 0 Å². The summed E-state index contributed by atoms with van der Waals surface area (Å²) >= 11 is 0. The molecule has 0 spiro atoms. The molecule has 124 valence electrons. The van der Waals surface area contributed by atoms with Crippen molar-refractivity contribution >= 4 is 5.96 Å². The first-order chi connectivity index (χ1) is 10.9. The minimum absolute atomic E-state index is 0.840. The van der Waals surface area contributed by atoms with Gasteiger partial charge in [0.25, 0.3) is 0 Å². The fraction of sp³-hybridized carbons (Fsp3) is 0.706. The van der Waals surface area contributed by atoms with Crippen molar-refractivity contribution in [1.82, 2.24) is 15.5 Å². The predicted octanol–water partition coefficient (Wildman–Crippen LogP) is 2.25. The van der Waals surface area contributed by atoms with Crippen LogP contribution < -0.4 is 10.6 Å². The second-order valence-electron chi connectivity index (χ2n) is 5.82. The van der Waals surface area contributed by atoms with Crippen LogP contribution in [0.2, 0.25) is 0 Å². The van der Waals surface area contributed by atoms with Crippen LogP contribution in [0.1, 0.15) is 38.4 Å². The Morgan fingerprint density at radius 3 is 2.77 bits per heavy atom. The fourth-order valence-electron chi connectivity index (χ4n) is 2.67. The molecule has 1 aliphatic rings. The van der Waals surface area contributed by atoms with E-state index in [4.69, 9.17) is 4.42 Å². The van der Waals surface area contributed by atoms with Gasteiger partial charge in [-0.25, -0.2) is 0 Å². The number of hydrogen-bond donors (Lipinski definition) is 2. The number of nitrogens with zero attached hydrogens (tertiary/aromatic N) is 2.